The number of hydrogen-bond donors (Lipinski definition) is 0. The van der Waals surface area contributed by atoms with Crippen molar-refractivity contribution in [1.82, 2.24) is 24.7 Å². The van der Waals surface area contributed by atoms with Gasteiger partial charge in [-0.2, -0.15) is 18.3 Å². The summed E-state index contributed by atoms with van der Waals surface area (Å²) >= 11 is 0. The lowest BCUT2D eigenvalue weighted by Crippen LogP contribution is -2.23. The van der Waals surface area contributed by atoms with Crippen molar-refractivity contribution in [2.45, 2.75) is 32.4 Å². The van der Waals surface area contributed by atoms with Crippen LogP contribution in [0.3, 0.4) is 0 Å². The Morgan fingerprint density at radius 2 is 1.52 bits per heavy atom. The molecule has 0 aliphatic rings. The first-order valence-corrected chi connectivity index (χ1v) is 10.2. The molecular formula is C24H22F3N5O. The molecule has 0 aliphatic heterocycles. The molecule has 0 radical (unpaired) electrons. The van der Waals surface area contributed by atoms with Gasteiger partial charge in [0.15, 0.2) is 11.5 Å². The van der Waals surface area contributed by atoms with E-state index in [1.165, 1.54) is 6.20 Å². The van der Waals surface area contributed by atoms with Crippen LogP contribution in [0.15, 0.2) is 60.8 Å². The third-order valence-electron chi connectivity index (χ3n) is 5.42. The van der Waals surface area contributed by atoms with Gasteiger partial charge in [-0.3, -0.25) is 4.98 Å². The van der Waals surface area contributed by atoms with Crippen molar-refractivity contribution in [3.63, 3.8) is 0 Å². The van der Waals surface area contributed by atoms with Gasteiger partial charge >= 0.3 is 6.18 Å². The lowest BCUT2D eigenvalue weighted by molar-refractivity contribution is -0.141. The van der Waals surface area contributed by atoms with Gasteiger partial charge in [-0.05, 0) is 57.2 Å². The minimum Gasteiger partial charge on any atom is -0.481 e. The molecule has 0 spiro atoms. The summed E-state index contributed by atoms with van der Waals surface area (Å²) < 4.78 is 45.1. The highest BCUT2D eigenvalue weighted by Gasteiger charge is 2.34. The second-order valence-corrected chi connectivity index (χ2v) is 8.04. The summed E-state index contributed by atoms with van der Waals surface area (Å²) in [7, 11) is 1.57. The van der Waals surface area contributed by atoms with Gasteiger partial charge in [0.05, 0.1) is 29.9 Å². The van der Waals surface area contributed by atoms with Crippen LogP contribution in [0.25, 0.3) is 17.1 Å². The van der Waals surface area contributed by atoms with Gasteiger partial charge in [-0.15, -0.1) is 0 Å². The Balaban J connectivity index is 1.70. The highest BCUT2D eigenvalue weighted by atomic mass is 19.4. The monoisotopic (exact) mass is 453 g/mol. The van der Waals surface area contributed by atoms with Crippen LogP contribution in [0.5, 0.6) is 5.88 Å². The predicted octanol–water partition coefficient (Wildman–Crippen LogP) is 5.39. The number of aromatic nitrogens is 5. The molecule has 33 heavy (non-hydrogen) atoms. The van der Waals surface area contributed by atoms with Gasteiger partial charge in [-0.1, -0.05) is 12.1 Å². The molecule has 0 fully saturated rings. The fraction of sp³-hybridized carbons (Fsp3) is 0.250. The maximum atomic E-state index is 12.9. The Morgan fingerprint density at radius 3 is 2.15 bits per heavy atom. The highest BCUT2D eigenvalue weighted by molar-refractivity contribution is 5.62. The van der Waals surface area contributed by atoms with Gasteiger partial charge in [0.25, 0.3) is 0 Å². The number of pyridine rings is 3. The molecule has 0 amide bonds. The fourth-order valence-electron chi connectivity index (χ4n) is 3.49. The molecule has 0 saturated carbocycles. The van der Waals surface area contributed by atoms with Gasteiger partial charge in [0.1, 0.15) is 0 Å². The van der Waals surface area contributed by atoms with E-state index in [2.05, 4.69) is 15.1 Å². The summed E-state index contributed by atoms with van der Waals surface area (Å²) in [6, 6.07) is 15.5. The van der Waals surface area contributed by atoms with Crippen LogP contribution in [0.2, 0.25) is 0 Å². The molecule has 4 aromatic rings. The first-order chi connectivity index (χ1) is 15.6. The average Bonchev–Trinajstić information content (AvgIpc) is 3.30. The third-order valence-corrected chi connectivity index (χ3v) is 5.42. The number of methoxy groups -OCH3 is 1. The zero-order valence-electron chi connectivity index (χ0n) is 18.6. The van der Waals surface area contributed by atoms with Crippen molar-refractivity contribution in [3.05, 3.63) is 83.6 Å². The number of nitrogens with zero attached hydrogens (tertiary/aromatic N) is 5. The molecule has 4 aromatic heterocycles. The smallest absolute Gasteiger partial charge is 0.435 e. The standard InChI is InChI=1S/C24H22F3N5O/c1-15-16(11-12-22(28-15)33-4)17-7-5-8-18(29-17)23(2,3)19-9-6-10-21(30-19)32-14-13-20(31-32)24(25,26)27/h5-14H,1-4H3. The Hall–Kier alpha value is -3.75. The van der Waals surface area contributed by atoms with Crippen molar-refractivity contribution in [2.75, 3.05) is 7.11 Å². The predicted molar refractivity (Wildman–Crippen MR) is 117 cm³/mol. The van der Waals surface area contributed by atoms with E-state index in [1.807, 2.05) is 51.1 Å². The van der Waals surface area contributed by atoms with Crippen molar-refractivity contribution < 1.29 is 17.9 Å². The van der Waals surface area contributed by atoms with Crippen LogP contribution >= 0.6 is 0 Å². The first-order valence-electron chi connectivity index (χ1n) is 10.2. The maximum absolute atomic E-state index is 12.9. The minimum atomic E-state index is -4.51. The molecule has 6 nitrogen and oxygen atoms in total. The van der Waals surface area contributed by atoms with Gasteiger partial charge < -0.3 is 4.74 Å². The summed E-state index contributed by atoms with van der Waals surface area (Å²) in [6.45, 7) is 5.82. The lowest BCUT2D eigenvalue weighted by atomic mass is 9.84. The normalized spacial score (nSPS) is 12.1. The Morgan fingerprint density at radius 1 is 0.818 bits per heavy atom. The molecule has 0 unspecified atom stereocenters. The van der Waals surface area contributed by atoms with Crippen molar-refractivity contribution in [1.29, 1.82) is 0 Å². The van der Waals surface area contributed by atoms with Gasteiger partial charge in [0, 0.05) is 23.2 Å². The Kier molecular flexibility index (Phi) is 5.65. The van der Waals surface area contributed by atoms with E-state index in [0.717, 1.165) is 33.4 Å². The summed E-state index contributed by atoms with van der Waals surface area (Å²) in [5.74, 6) is 0.823. The lowest BCUT2D eigenvalue weighted by Gasteiger charge is -2.24. The van der Waals surface area contributed by atoms with Crippen LogP contribution in [-0.4, -0.2) is 31.8 Å². The van der Waals surface area contributed by atoms with Crippen LogP contribution in [0.4, 0.5) is 13.2 Å². The van der Waals surface area contributed by atoms with E-state index in [0.29, 0.717) is 17.4 Å². The number of ether oxygens (including phenoxy) is 1. The van der Waals surface area contributed by atoms with Crippen molar-refractivity contribution in [2.24, 2.45) is 0 Å². The molecule has 0 bridgehead atoms. The Bertz CT molecular complexity index is 1300. The fourth-order valence-corrected chi connectivity index (χ4v) is 3.49. The van der Waals surface area contributed by atoms with E-state index in [1.54, 1.807) is 25.3 Å². The molecular weight excluding hydrogens is 431 g/mol. The van der Waals surface area contributed by atoms with Crippen LogP contribution < -0.4 is 4.74 Å². The second-order valence-electron chi connectivity index (χ2n) is 8.04. The third kappa shape index (κ3) is 4.44. The topological polar surface area (TPSA) is 65.7 Å². The van der Waals surface area contributed by atoms with E-state index in [4.69, 9.17) is 9.72 Å². The quantitative estimate of drug-likeness (QED) is 0.406. The molecule has 0 saturated heterocycles. The van der Waals surface area contributed by atoms with Crippen LogP contribution in [0, 0.1) is 6.92 Å². The molecule has 0 aliphatic carbocycles. The largest absolute Gasteiger partial charge is 0.481 e. The average molecular weight is 453 g/mol. The second kappa shape index (κ2) is 8.31. The van der Waals surface area contributed by atoms with Gasteiger partial charge in [0.2, 0.25) is 5.88 Å². The summed E-state index contributed by atoms with van der Waals surface area (Å²) in [5.41, 5.74) is 2.25. The number of hydrogen-bond acceptors (Lipinski definition) is 5. The maximum Gasteiger partial charge on any atom is 0.435 e. The molecule has 0 atom stereocenters. The minimum absolute atomic E-state index is 0.294. The number of aryl methyl sites for hydroxylation is 1. The Labute approximate surface area is 189 Å². The van der Waals surface area contributed by atoms with Gasteiger partial charge in [-0.25, -0.2) is 14.6 Å². The molecule has 4 rings (SSSR count). The molecule has 0 N–H and O–H groups in total. The number of alkyl halides is 3. The zero-order chi connectivity index (χ0) is 23.8. The van der Waals surface area contributed by atoms with Crippen molar-refractivity contribution in [3.8, 4) is 23.0 Å². The SMILES string of the molecule is COc1ccc(-c2cccc(C(C)(C)c3cccc(-n4ccc(C(F)(F)F)n4)n3)n2)c(C)n1. The summed E-state index contributed by atoms with van der Waals surface area (Å²) in [4.78, 5) is 13.9. The van der Waals surface area contributed by atoms with E-state index < -0.39 is 17.3 Å². The van der Waals surface area contributed by atoms with E-state index in [9.17, 15) is 13.2 Å². The molecule has 170 valence electrons. The van der Waals surface area contributed by atoms with Crippen molar-refractivity contribution >= 4 is 0 Å². The highest BCUT2D eigenvalue weighted by Crippen LogP contribution is 2.32. The van der Waals surface area contributed by atoms with Crippen LogP contribution in [0.1, 0.15) is 36.6 Å². The molecule has 9 heteroatoms. The number of rotatable bonds is 5. The van der Waals surface area contributed by atoms with E-state index in [-0.39, 0.29) is 0 Å². The molecule has 4 heterocycles. The van der Waals surface area contributed by atoms with Crippen LogP contribution in [-0.2, 0) is 11.6 Å². The van der Waals surface area contributed by atoms with E-state index >= 15 is 0 Å². The summed E-state index contributed by atoms with van der Waals surface area (Å²) in [6.07, 6.45) is -3.26. The zero-order valence-corrected chi connectivity index (χ0v) is 18.6. The number of halogens is 3. The molecule has 0 aromatic carbocycles. The first kappa shape index (κ1) is 22.4. The summed E-state index contributed by atoms with van der Waals surface area (Å²) in [5, 5.41) is 3.62.